The molecular formula is C21H24N5O5S+. The van der Waals surface area contributed by atoms with Crippen LogP contribution < -0.4 is 5.32 Å². The van der Waals surface area contributed by atoms with Gasteiger partial charge in [0, 0.05) is 22.7 Å². The number of nitro benzene ring substituents is 1. The molecule has 1 atom stereocenters. The normalized spacial score (nSPS) is 18.4. The Kier molecular flexibility index (Phi) is 6.87. The maximum Gasteiger partial charge on any atom is 0.445 e. The van der Waals surface area contributed by atoms with E-state index < -0.39 is 16.9 Å². The number of nitrogens with zero attached hydrogens (tertiary/aromatic N) is 4. The van der Waals surface area contributed by atoms with Crippen molar-refractivity contribution in [1.29, 1.82) is 0 Å². The quantitative estimate of drug-likeness (QED) is 0.380. The average Bonchev–Trinajstić information content (AvgIpc) is 2.75. The number of allylic oxidation sites excluding steroid dienone is 1. The van der Waals surface area contributed by atoms with Crippen LogP contribution in [0.3, 0.4) is 0 Å². The van der Waals surface area contributed by atoms with Gasteiger partial charge in [0.15, 0.2) is 5.92 Å². The molecular weight excluding hydrogens is 434 g/mol. The van der Waals surface area contributed by atoms with E-state index in [4.69, 9.17) is 0 Å². The van der Waals surface area contributed by atoms with Gasteiger partial charge in [-0.05, 0) is 30.0 Å². The van der Waals surface area contributed by atoms with Gasteiger partial charge >= 0.3 is 11.9 Å². The van der Waals surface area contributed by atoms with Gasteiger partial charge in [0.1, 0.15) is 6.21 Å². The van der Waals surface area contributed by atoms with Crippen LogP contribution in [0.4, 0.5) is 16.2 Å². The maximum atomic E-state index is 13.0. The first-order valence-electron chi connectivity index (χ1n) is 9.96. The zero-order chi connectivity index (χ0) is 23.6. The third-order valence-electron chi connectivity index (χ3n) is 5.03. The molecule has 2 aliphatic heterocycles. The van der Waals surface area contributed by atoms with Crippen LogP contribution in [0.5, 0.6) is 0 Å². The number of aliphatic imine (C=N–C) groups is 1. The van der Waals surface area contributed by atoms with Crippen molar-refractivity contribution >= 4 is 53.0 Å². The standard InChI is InChI=1S/C21H23N5O5S/c1-12(2)9-13-10-22-19-17(20(28)25(4)21(29)24(19)3)18(13)32-11-16(27)23-14-5-7-15(8-6-14)26(30)31/h5-8,10,12,17H,9,11H2,1-4H3/p+1. The molecule has 0 fully saturated rings. The fourth-order valence-corrected chi connectivity index (χ4v) is 4.53. The van der Waals surface area contributed by atoms with E-state index in [0.717, 1.165) is 10.5 Å². The Hall–Kier alpha value is -3.34. The summed E-state index contributed by atoms with van der Waals surface area (Å²) in [6, 6.07) is 5.10. The number of carbonyl (C=O) groups excluding carboxylic acids is 3. The summed E-state index contributed by atoms with van der Waals surface area (Å²) in [5, 5.41) is 13.5. The number of amidine groups is 1. The van der Waals surface area contributed by atoms with Crippen LogP contribution in [0.2, 0.25) is 0 Å². The molecule has 32 heavy (non-hydrogen) atoms. The van der Waals surface area contributed by atoms with Crippen molar-refractivity contribution in [3.8, 4) is 0 Å². The molecule has 1 unspecified atom stereocenters. The van der Waals surface area contributed by atoms with Crippen molar-refractivity contribution in [2.75, 3.05) is 25.2 Å². The summed E-state index contributed by atoms with van der Waals surface area (Å²) in [7, 11) is 3.00. The summed E-state index contributed by atoms with van der Waals surface area (Å²) < 4.78 is 1.35. The second kappa shape index (κ2) is 9.43. The van der Waals surface area contributed by atoms with Crippen LogP contribution in [0.25, 0.3) is 0 Å². The highest BCUT2D eigenvalue weighted by Gasteiger charge is 2.48. The van der Waals surface area contributed by atoms with Crippen LogP contribution in [0.1, 0.15) is 20.3 Å². The molecule has 0 radical (unpaired) electrons. The van der Waals surface area contributed by atoms with Crippen LogP contribution >= 0.6 is 11.8 Å². The Morgan fingerprint density at radius 2 is 1.97 bits per heavy atom. The highest BCUT2D eigenvalue weighted by Crippen LogP contribution is 2.36. The molecule has 2 heterocycles. The fourth-order valence-electron chi connectivity index (χ4n) is 3.47. The summed E-state index contributed by atoms with van der Waals surface area (Å²) in [6.45, 7) is 4.10. The SMILES string of the molecule is CC(C)CC1=C(SCC(=O)Nc2ccc([N+](=O)[O-])cc2)C2C(=O)N(C)C(=O)[N+](C)=C2N=C1. The first-order valence-corrected chi connectivity index (χ1v) is 10.9. The predicted molar refractivity (Wildman–Crippen MR) is 122 cm³/mol. The van der Waals surface area contributed by atoms with Crippen LogP contribution in [0.15, 0.2) is 39.7 Å². The van der Waals surface area contributed by atoms with Gasteiger partial charge in [-0.1, -0.05) is 13.8 Å². The number of nitrogens with one attached hydrogen (secondary N) is 1. The molecule has 0 saturated carbocycles. The van der Waals surface area contributed by atoms with Gasteiger partial charge in [-0.2, -0.15) is 9.48 Å². The molecule has 2 aliphatic rings. The van der Waals surface area contributed by atoms with Crippen LogP contribution in [0, 0.1) is 22.0 Å². The van der Waals surface area contributed by atoms with Gasteiger partial charge in [-0.15, -0.1) is 16.8 Å². The second-order valence-electron chi connectivity index (χ2n) is 7.92. The molecule has 4 amide bonds. The summed E-state index contributed by atoms with van der Waals surface area (Å²) in [4.78, 5) is 54.2. The fraction of sp³-hybridized carbons (Fsp3) is 0.381. The number of nitro groups is 1. The van der Waals surface area contributed by atoms with Gasteiger partial charge < -0.3 is 5.32 Å². The van der Waals surface area contributed by atoms with E-state index in [0.29, 0.717) is 28.8 Å². The van der Waals surface area contributed by atoms with Crippen molar-refractivity contribution in [2.24, 2.45) is 16.8 Å². The Bertz CT molecular complexity index is 1070. The molecule has 0 aliphatic carbocycles. The van der Waals surface area contributed by atoms with E-state index in [9.17, 15) is 24.5 Å². The number of imide groups is 1. The number of benzene rings is 1. The van der Waals surface area contributed by atoms with Gasteiger partial charge in [-0.25, -0.2) is 4.79 Å². The van der Waals surface area contributed by atoms with Crippen LogP contribution in [-0.2, 0) is 9.59 Å². The number of thioether (sulfide) groups is 1. The summed E-state index contributed by atoms with van der Waals surface area (Å²) in [5.74, 6) is -0.745. The Morgan fingerprint density at radius 1 is 1.31 bits per heavy atom. The van der Waals surface area contributed by atoms with Gasteiger partial charge in [0.05, 0.1) is 24.8 Å². The molecule has 3 rings (SSSR count). The third kappa shape index (κ3) is 4.77. The number of non-ortho nitro benzene ring substituents is 1. The molecule has 0 saturated heterocycles. The number of anilines is 1. The minimum Gasteiger partial charge on any atom is -0.325 e. The Balaban J connectivity index is 1.82. The highest BCUT2D eigenvalue weighted by molar-refractivity contribution is 8.03. The first kappa shape index (κ1) is 23.3. The maximum absolute atomic E-state index is 13.0. The summed E-state index contributed by atoms with van der Waals surface area (Å²) in [6.07, 6.45) is 2.35. The Morgan fingerprint density at radius 3 is 2.56 bits per heavy atom. The lowest BCUT2D eigenvalue weighted by Crippen LogP contribution is -2.52. The molecule has 1 aromatic carbocycles. The summed E-state index contributed by atoms with van der Waals surface area (Å²) >= 11 is 1.24. The lowest BCUT2D eigenvalue weighted by molar-refractivity contribution is -0.407. The van der Waals surface area contributed by atoms with Crippen molar-refractivity contribution in [3.63, 3.8) is 0 Å². The minimum atomic E-state index is -0.737. The van der Waals surface area contributed by atoms with Crippen molar-refractivity contribution in [2.45, 2.75) is 20.3 Å². The van der Waals surface area contributed by atoms with E-state index >= 15 is 0 Å². The number of urea groups is 1. The molecule has 1 aromatic rings. The zero-order valence-electron chi connectivity index (χ0n) is 18.2. The average molecular weight is 459 g/mol. The largest absolute Gasteiger partial charge is 0.445 e. The number of rotatable bonds is 7. The minimum absolute atomic E-state index is 0.0280. The molecule has 0 bridgehead atoms. The second-order valence-corrected chi connectivity index (χ2v) is 8.93. The van der Waals surface area contributed by atoms with Gasteiger partial charge in [-0.3, -0.25) is 19.7 Å². The van der Waals surface area contributed by atoms with E-state index in [-0.39, 0.29) is 23.3 Å². The number of dihydropyridines is 1. The van der Waals surface area contributed by atoms with Crippen molar-refractivity contribution in [3.05, 3.63) is 44.9 Å². The monoisotopic (exact) mass is 458 g/mol. The topological polar surface area (TPSA) is 125 Å². The number of carbonyl (C=O) groups is 3. The van der Waals surface area contributed by atoms with Gasteiger partial charge in [0.25, 0.3) is 11.5 Å². The lowest BCUT2D eigenvalue weighted by Gasteiger charge is -2.28. The molecule has 11 heteroatoms. The van der Waals surface area contributed by atoms with Crippen molar-refractivity contribution in [1.82, 2.24) is 4.90 Å². The number of hydrogen-bond donors (Lipinski definition) is 1. The molecule has 0 spiro atoms. The Labute approximate surface area is 189 Å². The van der Waals surface area contributed by atoms with E-state index in [2.05, 4.69) is 10.3 Å². The number of fused-ring (bicyclic) bond motifs is 1. The zero-order valence-corrected chi connectivity index (χ0v) is 19.0. The molecule has 1 N–H and O–H groups in total. The van der Waals surface area contributed by atoms with E-state index in [1.54, 1.807) is 13.3 Å². The summed E-state index contributed by atoms with van der Waals surface area (Å²) in [5.41, 5.74) is 1.24. The number of hydrogen-bond acceptors (Lipinski definition) is 7. The predicted octanol–water partition coefficient (Wildman–Crippen LogP) is 2.90. The molecule has 0 aromatic heterocycles. The number of amides is 4. The first-order chi connectivity index (χ1) is 15.1. The van der Waals surface area contributed by atoms with Crippen molar-refractivity contribution < 1.29 is 23.9 Å². The molecule has 10 nitrogen and oxygen atoms in total. The molecule has 168 valence electrons. The van der Waals surface area contributed by atoms with Crippen LogP contribution in [-0.4, -0.2) is 64.1 Å². The van der Waals surface area contributed by atoms with E-state index in [1.807, 2.05) is 13.8 Å². The smallest absolute Gasteiger partial charge is 0.325 e. The van der Waals surface area contributed by atoms with E-state index in [1.165, 1.54) is 47.7 Å². The lowest BCUT2D eigenvalue weighted by atomic mass is 9.94. The highest BCUT2D eigenvalue weighted by atomic mass is 32.2. The van der Waals surface area contributed by atoms with Gasteiger partial charge in [0.2, 0.25) is 5.91 Å². The third-order valence-corrected chi connectivity index (χ3v) is 6.25.